The van der Waals surface area contributed by atoms with Crippen molar-refractivity contribution in [2.24, 2.45) is 23.7 Å². The van der Waals surface area contributed by atoms with Crippen LogP contribution in [0.25, 0.3) is 0 Å². The molecule has 0 aromatic heterocycles. The SMILES string of the molecule is CCC(CC1CC1)NC(=O)[C@H]1CC(C)C[C@H]1C(=O)O. The predicted octanol–water partition coefficient (Wildman–Crippen LogP) is 2.43. The summed E-state index contributed by atoms with van der Waals surface area (Å²) in [6.07, 6.45) is 5.90. The number of carbonyl (C=O) groups excluding carboxylic acids is 1. The number of nitrogens with one attached hydrogen (secondary N) is 1. The van der Waals surface area contributed by atoms with E-state index in [-0.39, 0.29) is 17.9 Å². The van der Waals surface area contributed by atoms with Crippen LogP contribution in [-0.4, -0.2) is 23.0 Å². The largest absolute Gasteiger partial charge is 0.481 e. The number of hydrogen-bond donors (Lipinski definition) is 2. The maximum Gasteiger partial charge on any atom is 0.307 e. The molecule has 108 valence electrons. The van der Waals surface area contributed by atoms with Gasteiger partial charge in [-0.25, -0.2) is 0 Å². The normalized spacial score (nSPS) is 32.0. The summed E-state index contributed by atoms with van der Waals surface area (Å²) < 4.78 is 0. The number of carbonyl (C=O) groups is 2. The number of amides is 1. The van der Waals surface area contributed by atoms with Crippen LogP contribution < -0.4 is 5.32 Å². The van der Waals surface area contributed by atoms with E-state index in [1.54, 1.807) is 0 Å². The van der Waals surface area contributed by atoms with Crippen LogP contribution in [0.3, 0.4) is 0 Å². The smallest absolute Gasteiger partial charge is 0.307 e. The molecule has 2 saturated carbocycles. The van der Waals surface area contributed by atoms with Gasteiger partial charge in [-0.15, -0.1) is 0 Å². The maximum absolute atomic E-state index is 12.3. The molecule has 0 heterocycles. The van der Waals surface area contributed by atoms with Crippen molar-refractivity contribution in [1.82, 2.24) is 5.32 Å². The molecule has 0 aliphatic heterocycles. The van der Waals surface area contributed by atoms with Gasteiger partial charge in [0.25, 0.3) is 0 Å². The van der Waals surface area contributed by atoms with E-state index in [1.165, 1.54) is 12.8 Å². The van der Waals surface area contributed by atoms with Gasteiger partial charge in [-0.05, 0) is 37.5 Å². The van der Waals surface area contributed by atoms with Crippen molar-refractivity contribution >= 4 is 11.9 Å². The summed E-state index contributed by atoms with van der Waals surface area (Å²) in [5.41, 5.74) is 0. The quantitative estimate of drug-likeness (QED) is 0.776. The fourth-order valence-electron chi connectivity index (χ4n) is 3.25. The van der Waals surface area contributed by atoms with Gasteiger partial charge in [-0.3, -0.25) is 9.59 Å². The van der Waals surface area contributed by atoms with Crippen molar-refractivity contribution < 1.29 is 14.7 Å². The molecule has 4 heteroatoms. The number of carboxylic acid groups (broad SMARTS) is 1. The second-order valence-electron chi connectivity index (χ2n) is 6.42. The predicted molar refractivity (Wildman–Crippen MR) is 72.6 cm³/mol. The lowest BCUT2D eigenvalue weighted by molar-refractivity contribution is -0.146. The Morgan fingerprint density at radius 2 is 1.89 bits per heavy atom. The van der Waals surface area contributed by atoms with Crippen LogP contribution in [0.1, 0.15) is 52.4 Å². The van der Waals surface area contributed by atoms with Crippen LogP contribution in [0.5, 0.6) is 0 Å². The monoisotopic (exact) mass is 267 g/mol. The molecule has 2 N–H and O–H groups in total. The number of rotatable bonds is 6. The molecular weight excluding hydrogens is 242 g/mol. The molecule has 4 nitrogen and oxygen atoms in total. The Hall–Kier alpha value is -1.06. The van der Waals surface area contributed by atoms with Crippen molar-refractivity contribution in [1.29, 1.82) is 0 Å². The van der Waals surface area contributed by atoms with E-state index < -0.39 is 11.9 Å². The highest BCUT2D eigenvalue weighted by Crippen LogP contribution is 2.37. The number of aliphatic carboxylic acids is 1. The van der Waals surface area contributed by atoms with E-state index in [4.69, 9.17) is 0 Å². The summed E-state index contributed by atoms with van der Waals surface area (Å²) in [4.78, 5) is 23.5. The molecule has 0 saturated heterocycles. The van der Waals surface area contributed by atoms with Crippen LogP contribution in [0.15, 0.2) is 0 Å². The van der Waals surface area contributed by atoms with Crippen molar-refractivity contribution in [3.05, 3.63) is 0 Å². The van der Waals surface area contributed by atoms with Crippen LogP contribution in [0, 0.1) is 23.7 Å². The summed E-state index contributed by atoms with van der Waals surface area (Å²) in [6, 6.07) is 0.227. The molecule has 2 aliphatic rings. The fraction of sp³-hybridized carbons (Fsp3) is 0.867. The van der Waals surface area contributed by atoms with Gasteiger partial charge in [0.1, 0.15) is 0 Å². The lowest BCUT2D eigenvalue weighted by atomic mass is 9.94. The first-order valence-corrected chi connectivity index (χ1v) is 7.54. The van der Waals surface area contributed by atoms with Gasteiger partial charge < -0.3 is 10.4 Å². The molecule has 0 radical (unpaired) electrons. The third-order valence-electron chi connectivity index (χ3n) is 4.61. The van der Waals surface area contributed by atoms with Crippen molar-refractivity contribution in [2.75, 3.05) is 0 Å². The Bertz CT molecular complexity index is 351. The molecule has 0 spiro atoms. The van der Waals surface area contributed by atoms with Crippen LogP contribution >= 0.6 is 0 Å². The minimum Gasteiger partial charge on any atom is -0.481 e. The Kier molecular flexibility index (Phi) is 4.48. The Morgan fingerprint density at radius 1 is 1.26 bits per heavy atom. The third-order valence-corrected chi connectivity index (χ3v) is 4.61. The topological polar surface area (TPSA) is 66.4 Å². The van der Waals surface area contributed by atoms with E-state index in [2.05, 4.69) is 12.2 Å². The lowest BCUT2D eigenvalue weighted by Crippen LogP contribution is -2.41. The molecule has 1 amide bonds. The first kappa shape index (κ1) is 14.4. The van der Waals surface area contributed by atoms with E-state index in [0.717, 1.165) is 18.8 Å². The molecule has 2 unspecified atom stereocenters. The highest BCUT2D eigenvalue weighted by Gasteiger charge is 2.41. The van der Waals surface area contributed by atoms with Gasteiger partial charge >= 0.3 is 5.97 Å². The lowest BCUT2D eigenvalue weighted by Gasteiger charge is -2.21. The van der Waals surface area contributed by atoms with Crippen molar-refractivity contribution in [3.63, 3.8) is 0 Å². The van der Waals surface area contributed by atoms with Gasteiger partial charge in [-0.1, -0.05) is 26.7 Å². The molecule has 2 aliphatic carbocycles. The molecular formula is C15H25NO3. The second kappa shape index (κ2) is 5.93. The fourth-order valence-corrected chi connectivity index (χ4v) is 3.25. The Labute approximate surface area is 115 Å². The standard InChI is InChI=1S/C15H25NO3/c1-3-11(8-10-4-5-10)16-14(17)12-6-9(2)7-13(12)15(18)19/h9-13H,3-8H2,1-2H3,(H,16,17)(H,18,19)/t9?,11?,12-,13+/m0/s1. The zero-order valence-electron chi connectivity index (χ0n) is 11.9. The second-order valence-corrected chi connectivity index (χ2v) is 6.42. The van der Waals surface area contributed by atoms with Gasteiger partial charge in [-0.2, -0.15) is 0 Å². The van der Waals surface area contributed by atoms with Crippen molar-refractivity contribution in [3.8, 4) is 0 Å². The summed E-state index contributed by atoms with van der Waals surface area (Å²) >= 11 is 0. The number of carboxylic acids is 1. The molecule has 2 rings (SSSR count). The Morgan fingerprint density at radius 3 is 2.42 bits per heavy atom. The summed E-state index contributed by atoms with van der Waals surface area (Å²) in [7, 11) is 0. The van der Waals surface area contributed by atoms with Gasteiger partial charge in [0.15, 0.2) is 0 Å². The summed E-state index contributed by atoms with van der Waals surface area (Å²) in [6.45, 7) is 4.12. The first-order valence-electron chi connectivity index (χ1n) is 7.54. The molecule has 0 bridgehead atoms. The average Bonchev–Trinajstić information content (AvgIpc) is 3.08. The molecule has 19 heavy (non-hydrogen) atoms. The first-order chi connectivity index (χ1) is 9.01. The number of hydrogen-bond acceptors (Lipinski definition) is 2. The maximum atomic E-state index is 12.3. The molecule has 4 atom stereocenters. The van der Waals surface area contributed by atoms with Gasteiger partial charge in [0.2, 0.25) is 5.91 Å². The van der Waals surface area contributed by atoms with Crippen LogP contribution in [0.2, 0.25) is 0 Å². The highest BCUT2D eigenvalue weighted by atomic mass is 16.4. The highest BCUT2D eigenvalue weighted by molar-refractivity contribution is 5.85. The third kappa shape index (κ3) is 3.71. The molecule has 0 aromatic rings. The van der Waals surface area contributed by atoms with Gasteiger partial charge in [0.05, 0.1) is 11.8 Å². The average molecular weight is 267 g/mol. The van der Waals surface area contributed by atoms with Gasteiger partial charge in [0, 0.05) is 6.04 Å². The minimum absolute atomic E-state index is 0.0377. The van der Waals surface area contributed by atoms with Crippen LogP contribution in [-0.2, 0) is 9.59 Å². The van der Waals surface area contributed by atoms with E-state index >= 15 is 0 Å². The van der Waals surface area contributed by atoms with E-state index in [1.807, 2.05) is 6.92 Å². The molecule has 0 aromatic carbocycles. The molecule has 2 fully saturated rings. The minimum atomic E-state index is -0.820. The summed E-state index contributed by atoms with van der Waals surface area (Å²) in [5.74, 6) is -0.568. The van der Waals surface area contributed by atoms with E-state index in [9.17, 15) is 14.7 Å². The van der Waals surface area contributed by atoms with Crippen molar-refractivity contribution in [2.45, 2.75) is 58.4 Å². The zero-order valence-corrected chi connectivity index (χ0v) is 11.9. The Balaban J connectivity index is 1.91. The summed E-state index contributed by atoms with van der Waals surface area (Å²) in [5, 5.41) is 12.3. The van der Waals surface area contributed by atoms with Crippen LogP contribution in [0.4, 0.5) is 0 Å². The van der Waals surface area contributed by atoms with E-state index in [0.29, 0.717) is 18.8 Å². The zero-order chi connectivity index (χ0) is 14.0.